The van der Waals surface area contributed by atoms with E-state index in [1.165, 1.54) is 11.1 Å². The topological polar surface area (TPSA) is 54.8 Å². The molecular weight excluding hydrogens is 326 g/mol. The Morgan fingerprint density at radius 2 is 2.04 bits per heavy atom. The van der Waals surface area contributed by atoms with Gasteiger partial charge in [-0.3, -0.25) is 9.98 Å². The molecule has 1 aromatic heterocycles. The molecule has 1 aliphatic carbocycles. The third kappa shape index (κ3) is 3.01. The minimum absolute atomic E-state index is 0.000988. The normalized spacial score (nSPS) is 18.3. The van der Waals surface area contributed by atoms with Crippen LogP contribution in [0.4, 0.5) is 4.79 Å². The van der Waals surface area contributed by atoms with Crippen molar-refractivity contribution in [3.05, 3.63) is 71.1 Å². The molecule has 0 N–H and O–H groups in total. The van der Waals surface area contributed by atoms with Crippen LogP contribution >= 0.6 is 0 Å². The van der Waals surface area contributed by atoms with E-state index in [4.69, 9.17) is 4.74 Å². The molecule has 0 spiro atoms. The van der Waals surface area contributed by atoms with Gasteiger partial charge in [0.05, 0.1) is 18.3 Å². The average molecular weight is 347 g/mol. The third-order valence-electron chi connectivity index (χ3n) is 4.84. The predicted molar refractivity (Wildman–Crippen MR) is 101 cm³/mol. The van der Waals surface area contributed by atoms with E-state index < -0.39 is 0 Å². The molecule has 4 rings (SSSR count). The molecule has 26 heavy (non-hydrogen) atoms. The highest BCUT2D eigenvalue weighted by Gasteiger charge is 2.33. The Morgan fingerprint density at radius 1 is 1.19 bits per heavy atom. The monoisotopic (exact) mass is 347 g/mol. The predicted octanol–water partition coefficient (Wildman–Crippen LogP) is 3.85. The highest BCUT2D eigenvalue weighted by Crippen LogP contribution is 2.38. The number of benzene rings is 1. The fraction of sp³-hybridized carbons (Fsp3) is 0.286. The number of fused-ring (bicyclic) bond motifs is 2. The van der Waals surface area contributed by atoms with Gasteiger partial charge in [-0.1, -0.05) is 30.3 Å². The molecule has 0 saturated carbocycles. The van der Waals surface area contributed by atoms with Gasteiger partial charge in [0.1, 0.15) is 6.34 Å². The quantitative estimate of drug-likeness (QED) is 0.847. The number of aromatic nitrogens is 1. The van der Waals surface area contributed by atoms with Gasteiger partial charge in [0.25, 0.3) is 0 Å². The number of amides is 1. The molecule has 0 fully saturated rings. The van der Waals surface area contributed by atoms with Crippen molar-refractivity contribution in [2.75, 3.05) is 6.61 Å². The lowest BCUT2D eigenvalue weighted by Crippen LogP contribution is -2.37. The summed E-state index contributed by atoms with van der Waals surface area (Å²) in [6.07, 6.45) is 5.62. The van der Waals surface area contributed by atoms with Crippen molar-refractivity contribution in [2.24, 2.45) is 4.99 Å². The lowest BCUT2D eigenvalue weighted by atomic mass is 9.83. The summed E-state index contributed by atoms with van der Waals surface area (Å²) in [5, 5.41) is 0. The molecule has 5 nitrogen and oxygen atoms in total. The lowest BCUT2D eigenvalue weighted by Gasteiger charge is -2.34. The number of pyridine rings is 1. The number of rotatable bonds is 3. The molecule has 2 aromatic rings. The van der Waals surface area contributed by atoms with Crippen LogP contribution in [0.15, 0.2) is 59.2 Å². The summed E-state index contributed by atoms with van der Waals surface area (Å²) in [6.45, 7) is 2.15. The van der Waals surface area contributed by atoms with E-state index in [2.05, 4.69) is 22.1 Å². The number of carbonyl (C=O) groups is 1. The van der Waals surface area contributed by atoms with E-state index >= 15 is 0 Å². The summed E-state index contributed by atoms with van der Waals surface area (Å²) in [4.78, 5) is 23.2. The maximum absolute atomic E-state index is 12.5. The summed E-state index contributed by atoms with van der Waals surface area (Å²) in [6, 6.07) is 14.2. The maximum Gasteiger partial charge on any atom is 0.419 e. The Morgan fingerprint density at radius 3 is 2.85 bits per heavy atom. The van der Waals surface area contributed by atoms with Crippen molar-refractivity contribution >= 4 is 18.1 Å². The number of hydrogen-bond donors (Lipinski definition) is 0. The molecular formula is C21H21N3O2. The molecule has 1 aliphatic heterocycles. The number of aliphatic imine (C=N–C) groups is 1. The van der Waals surface area contributed by atoms with Crippen molar-refractivity contribution < 1.29 is 9.53 Å². The Balaban J connectivity index is 1.75. The molecule has 2 aliphatic rings. The van der Waals surface area contributed by atoms with Gasteiger partial charge in [-0.25, -0.2) is 9.69 Å². The fourth-order valence-electron chi connectivity index (χ4n) is 3.66. The van der Waals surface area contributed by atoms with Gasteiger partial charge < -0.3 is 4.74 Å². The van der Waals surface area contributed by atoms with Crippen molar-refractivity contribution in [3.63, 3.8) is 0 Å². The summed E-state index contributed by atoms with van der Waals surface area (Å²) in [5.41, 5.74) is 5.47. The van der Waals surface area contributed by atoms with Crippen LogP contribution in [0, 0.1) is 0 Å². The average Bonchev–Trinajstić information content (AvgIpc) is 2.69. The standard InChI is InChI=1S/C21H21N3O2/c1-2-26-21(25)24-14-23-19(13-16-8-5-6-12-22-16)18-11-10-15-7-3-4-9-17(15)20(18)24/h3-9,12,14,19H,2,10-11,13H2,1H3. The summed E-state index contributed by atoms with van der Waals surface area (Å²) >= 11 is 0. The maximum atomic E-state index is 12.5. The molecule has 0 bridgehead atoms. The smallest absolute Gasteiger partial charge is 0.419 e. The Hall–Kier alpha value is -2.95. The zero-order valence-electron chi connectivity index (χ0n) is 14.8. The first-order valence-electron chi connectivity index (χ1n) is 8.98. The number of nitrogens with zero attached hydrogens (tertiary/aromatic N) is 3. The van der Waals surface area contributed by atoms with E-state index in [0.717, 1.165) is 36.2 Å². The Labute approximate surface area is 153 Å². The van der Waals surface area contributed by atoms with E-state index in [9.17, 15) is 4.79 Å². The molecule has 0 radical (unpaired) electrons. The second kappa shape index (κ2) is 7.12. The minimum Gasteiger partial charge on any atom is -0.449 e. The first kappa shape index (κ1) is 16.5. The van der Waals surface area contributed by atoms with Crippen LogP contribution < -0.4 is 0 Å². The van der Waals surface area contributed by atoms with Crippen molar-refractivity contribution in [3.8, 4) is 0 Å². The van der Waals surface area contributed by atoms with Gasteiger partial charge in [-0.05, 0) is 43.0 Å². The fourth-order valence-corrected chi connectivity index (χ4v) is 3.66. The summed E-state index contributed by atoms with van der Waals surface area (Å²) in [5.74, 6) is 0. The van der Waals surface area contributed by atoms with Gasteiger partial charge in [0.2, 0.25) is 0 Å². The molecule has 0 saturated heterocycles. The van der Waals surface area contributed by atoms with E-state index in [0.29, 0.717) is 6.61 Å². The van der Waals surface area contributed by atoms with Crippen LogP contribution in [0.3, 0.4) is 0 Å². The number of hydrogen-bond acceptors (Lipinski definition) is 4. The zero-order valence-corrected chi connectivity index (χ0v) is 14.8. The highest BCUT2D eigenvalue weighted by atomic mass is 16.6. The molecule has 1 amide bonds. The second-order valence-electron chi connectivity index (χ2n) is 6.41. The lowest BCUT2D eigenvalue weighted by molar-refractivity contribution is 0.139. The minimum atomic E-state index is -0.378. The van der Waals surface area contributed by atoms with E-state index in [1.54, 1.807) is 17.4 Å². The van der Waals surface area contributed by atoms with Crippen molar-refractivity contribution in [1.29, 1.82) is 0 Å². The van der Waals surface area contributed by atoms with Gasteiger partial charge in [-0.2, -0.15) is 0 Å². The van der Waals surface area contributed by atoms with Crippen molar-refractivity contribution in [2.45, 2.75) is 32.2 Å². The van der Waals surface area contributed by atoms with E-state index in [1.807, 2.05) is 37.3 Å². The van der Waals surface area contributed by atoms with Gasteiger partial charge in [0, 0.05) is 23.9 Å². The number of ether oxygens (including phenoxy) is 1. The Kier molecular flexibility index (Phi) is 4.52. The SMILES string of the molecule is CCOC(=O)N1C=NC(Cc2ccccn2)C2=C1c1ccccc1CC2. The zero-order chi connectivity index (χ0) is 17.9. The molecule has 1 atom stereocenters. The molecule has 132 valence electrons. The van der Waals surface area contributed by atoms with Gasteiger partial charge in [0.15, 0.2) is 0 Å². The van der Waals surface area contributed by atoms with Crippen LogP contribution in [0.5, 0.6) is 0 Å². The first-order chi connectivity index (χ1) is 12.8. The largest absolute Gasteiger partial charge is 0.449 e. The van der Waals surface area contributed by atoms with Crippen LogP contribution in [0.25, 0.3) is 5.70 Å². The summed E-state index contributed by atoms with van der Waals surface area (Å²) < 4.78 is 5.25. The van der Waals surface area contributed by atoms with Gasteiger partial charge in [-0.15, -0.1) is 0 Å². The van der Waals surface area contributed by atoms with Crippen LogP contribution in [0.2, 0.25) is 0 Å². The second-order valence-corrected chi connectivity index (χ2v) is 6.41. The number of aryl methyl sites for hydroxylation is 1. The van der Waals surface area contributed by atoms with Crippen LogP contribution in [-0.4, -0.2) is 35.0 Å². The molecule has 1 aromatic carbocycles. The molecule has 2 heterocycles. The van der Waals surface area contributed by atoms with Crippen molar-refractivity contribution in [1.82, 2.24) is 9.88 Å². The van der Waals surface area contributed by atoms with Crippen LogP contribution in [0.1, 0.15) is 30.2 Å². The molecule has 1 unspecified atom stereocenters. The van der Waals surface area contributed by atoms with Crippen LogP contribution in [-0.2, 0) is 17.6 Å². The third-order valence-corrected chi connectivity index (χ3v) is 4.84. The van der Waals surface area contributed by atoms with E-state index in [-0.39, 0.29) is 12.1 Å². The highest BCUT2D eigenvalue weighted by molar-refractivity contribution is 5.98. The summed E-state index contributed by atoms with van der Waals surface area (Å²) in [7, 11) is 0. The Bertz CT molecular complexity index is 874. The first-order valence-corrected chi connectivity index (χ1v) is 8.98. The van der Waals surface area contributed by atoms with Gasteiger partial charge >= 0.3 is 6.09 Å². The molecule has 5 heteroatoms. The number of carbonyl (C=O) groups excluding carboxylic acids is 1.